The fraction of sp³-hybridized carbons (Fsp3) is 0.455. The van der Waals surface area contributed by atoms with Gasteiger partial charge in [-0.1, -0.05) is 0 Å². The number of urea groups is 1. The van der Waals surface area contributed by atoms with E-state index in [4.69, 9.17) is 4.42 Å². The van der Waals surface area contributed by atoms with Crippen molar-refractivity contribution in [2.75, 3.05) is 18.5 Å². The molecular formula is C22H25FN6O2. The molecule has 2 N–H and O–H groups in total. The van der Waals surface area contributed by atoms with E-state index in [1.807, 2.05) is 17.0 Å². The number of carbonyl (C=O) groups is 1. The Bertz CT molecular complexity index is 1090. The van der Waals surface area contributed by atoms with Crippen molar-refractivity contribution in [2.24, 2.45) is 0 Å². The van der Waals surface area contributed by atoms with Crippen LogP contribution in [0, 0.1) is 6.92 Å². The number of fused-ring (bicyclic) bond motifs is 3. The first-order valence-electron chi connectivity index (χ1n) is 10.7. The number of aryl methyl sites for hydroxylation is 1. The molecule has 162 valence electrons. The number of piperidine rings is 1. The van der Waals surface area contributed by atoms with Crippen LogP contribution in [0.4, 0.5) is 15.0 Å². The van der Waals surface area contributed by atoms with Crippen LogP contribution in [-0.2, 0) is 0 Å². The van der Waals surface area contributed by atoms with Gasteiger partial charge < -0.3 is 14.6 Å². The Morgan fingerprint density at radius 1 is 1.16 bits per heavy atom. The summed E-state index contributed by atoms with van der Waals surface area (Å²) in [5, 5.41) is 7.07. The number of nitrogens with zero attached hydrogens (tertiary/aromatic N) is 4. The summed E-state index contributed by atoms with van der Waals surface area (Å²) in [7, 11) is 0. The Morgan fingerprint density at radius 2 is 1.97 bits per heavy atom. The molecule has 2 fully saturated rings. The molecule has 0 spiro atoms. The molecule has 9 heteroatoms. The van der Waals surface area contributed by atoms with E-state index < -0.39 is 0 Å². The highest BCUT2D eigenvalue weighted by atomic mass is 19.1. The number of anilines is 1. The smallest absolute Gasteiger partial charge is 0.323 e. The van der Waals surface area contributed by atoms with Crippen molar-refractivity contribution in [3.8, 4) is 11.3 Å². The van der Waals surface area contributed by atoms with E-state index in [0.29, 0.717) is 24.0 Å². The first-order valence-corrected chi connectivity index (χ1v) is 10.7. The molecule has 5 heterocycles. The van der Waals surface area contributed by atoms with E-state index >= 15 is 0 Å². The van der Waals surface area contributed by atoms with Crippen LogP contribution in [0.1, 0.15) is 31.6 Å². The summed E-state index contributed by atoms with van der Waals surface area (Å²) in [6, 6.07) is 4.28. The fourth-order valence-corrected chi connectivity index (χ4v) is 4.84. The number of hydrogen-bond acceptors (Lipinski definition) is 6. The third-order valence-electron chi connectivity index (χ3n) is 6.20. The second-order valence-electron chi connectivity index (χ2n) is 8.26. The molecule has 8 nitrogen and oxygen atoms in total. The first-order chi connectivity index (χ1) is 15.1. The Kier molecular flexibility index (Phi) is 5.27. The maximum Gasteiger partial charge on any atom is 0.323 e. The lowest BCUT2D eigenvalue weighted by molar-refractivity contribution is 0.141. The molecule has 0 saturated carbocycles. The van der Waals surface area contributed by atoms with Crippen molar-refractivity contribution in [2.45, 2.75) is 50.7 Å². The zero-order valence-corrected chi connectivity index (χ0v) is 17.3. The first kappa shape index (κ1) is 19.9. The Labute approximate surface area is 179 Å². The van der Waals surface area contributed by atoms with Crippen molar-refractivity contribution in [1.82, 2.24) is 25.2 Å². The van der Waals surface area contributed by atoms with Crippen molar-refractivity contribution in [3.63, 3.8) is 0 Å². The minimum atomic E-state index is -0.365. The number of nitrogens with one attached hydrogen (secondary N) is 2. The molecule has 2 aliphatic rings. The maximum absolute atomic E-state index is 13.0. The molecule has 3 aromatic heterocycles. The lowest BCUT2D eigenvalue weighted by Crippen LogP contribution is -2.53. The number of oxazole rings is 1. The minimum Gasteiger partial charge on any atom is -0.441 e. The number of hydrogen-bond donors (Lipinski definition) is 2. The van der Waals surface area contributed by atoms with E-state index in [9.17, 15) is 9.18 Å². The van der Waals surface area contributed by atoms with Crippen LogP contribution in [-0.4, -0.2) is 57.2 Å². The normalized spacial score (nSPS) is 22.8. The average Bonchev–Trinajstić information content (AvgIpc) is 3.32. The van der Waals surface area contributed by atoms with Gasteiger partial charge in [-0.3, -0.25) is 10.3 Å². The number of alkyl halides is 1. The Morgan fingerprint density at radius 3 is 2.68 bits per heavy atom. The van der Waals surface area contributed by atoms with Gasteiger partial charge in [0.15, 0.2) is 11.7 Å². The quantitative estimate of drug-likeness (QED) is 0.649. The molecule has 2 amide bonds. The molecule has 3 atom stereocenters. The van der Waals surface area contributed by atoms with Crippen molar-refractivity contribution in [3.05, 3.63) is 36.6 Å². The van der Waals surface area contributed by atoms with Crippen LogP contribution in [0.2, 0.25) is 0 Å². The van der Waals surface area contributed by atoms with Crippen molar-refractivity contribution in [1.29, 1.82) is 0 Å². The van der Waals surface area contributed by atoms with Gasteiger partial charge in [-0.05, 0) is 37.8 Å². The van der Waals surface area contributed by atoms with E-state index in [2.05, 4.69) is 25.6 Å². The lowest BCUT2D eigenvalue weighted by atomic mass is 9.97. The van der Waals surface area contributed by atoms with Gasteiger partial charge in [-0.2, -0.15) is 0 Å². The van der Waals surface area contributed by atoms with Crippen LogP contribution in [0.25, 0.3) is 22.2 Å². The van der Waals surface area contributed by atoms with Gasteiger partial charge in [0.25, 0.3) is 0 Å². The predicted molar refractivity (Wildman–Crippen MR) is 114 cm³/mol. The molecule has 31 heavy (non-hydrogen) atoms. The fourth-order valence-electron chi connectivity index (χ4n) is 4.84. The van der Waals surface area contributed by atoms with Crippen LogP contribution < -0.4 is 10.6 Å². The van der Waals surface area contributed by atoms with Crippen molar-refractivity contribution >= 4 is 22.8 Å². The summed E-state index contributed by atoms with van der Waals surface area (Å²) < 4.78 is 18.1. The summed E-state index contributed by atoms with van der Waals surface area (Å²) in [6.45, 7) is 1.81. The van der Waals surface area contributed by atoms with Gasteiger partial charge in [0.2, 0.25) is 0 Å². The lowest BCUT2D eigenvalue weighted by Gasteiger charge is -2.39. The Balaban J connectivity index is 1.31. The maximum atomic E-state index is 13.0. The van der Waals surface area contributed by atoms with Crippen LogP contribution in [0.5, 0.6) is 0 Å². The predicted octanol–water partition coefficient (Wildman–Crippen LogP) is 3.68. The zero-order valence-electron chi connectivity index (χ0n) is 17.3. The van der Waals surface area contributed by atoms with Crippen LogP contribution >= 0.6 is 0 Å². The second-order valence-corrected chi connectivity index (χ2v) is 8.26. The van der Waals surface area contributed by atoms with E-state index in [-0.39, 0.29) is 30.8 Å². The SMILES string of the molecule is Cc1ncc(-c2cnc3cnc(NC(=O)N4C5CC[C@H]4C[C@@H](NCCF)C5)cc3c2)o1. The van der Waals surface area contributed by atoms with Gasteiger partial charge in [0, 0.05) is 48.7 Å². The summed E-state index contributed by atoms with van der Waals surface area (Å²) in [6.07, 6.45) is 8.74. The van der Waals surface area contributed by atoms with Crippen molar-refractivity contribution < 1.29 is 13.6 Å². The third-order valence-corrected chi connectivity index (χ3v) is 6.20. The van der Waals surface area contributed by atoms with Gasteiger partial charge >= 0.3 is 6.03 Å². The van der Waals surface area contributed by atoms with E-state index in [1.165, 1.54) is 0 Å². The molecule has 0 radical (unpaired) electrons. The highest BCUT2D eigenvalue weighted by molar-refractivity contribution is 5.92. The molecule has 1 unspecified atom stereocenters. The minimum absolute atomic E-state index is 0.127. The molecule has 2 bridgehead atoms. The summed E-state index contributed by atoms with van der Waals surface area (Å²) >= 11 is 0. The van der Waals surface area contributed by atoms with Gasteiger partial charge in [-0.15, -0.1) is 0 Å². The largest absolute Gasteiger partial charge is 0.441 e. The summed E-state index contributed by atoms with van der Waals surface area (Å²) in [5.41, 5.74) is 1.55. The Hall–Kier alpha value is -3.07. The monoisotopic (exact) mass is 424 g/mol. The zero-order chi connectivity index (χ0) is 21.4. The van der Waals surface area contributed by atoms with Crippen LogP contribution in [0.15, 0.2) is 35.1 Å². The molecule has 2 aliphatic heterocycles. The molecule has 5 rings (SSSR count). The highest BCUT2D eigenvalue weighted by Crippen LogP contribution is 2.36. The topological polar surface area (TPSA) is 96.2 Å². The molecule has 0 aromatic carbocycles. The summed E-state index contributed by atoms with van der Waals surface area (Å²) in [4.78, 5) is 27.9. The number of carbonyl (C=O) groups excluding carboxylic acids is 1. The van der Waals surface area contributed by atoms with Crippen LogP contribution in [0.3, 0.4) is 0 Å². The highest BCUT2D eigenvalue weighted by Gasteiger charge is 2.43. The number of amides is 2. The number of rotatable bonds is 5. The number of aromatic nitrogens is 3. The third kappa shape index (κ3) is 3.97. The van der Waals surface area contributed by atoms with Gasteiger partial charge in [-0.25, -0.2) is 19.2 Å². The number of halogens is 1. The molecular weight excluding hydrogens is 399 g/mol. The molecule has 3 aromatic rings. The van der Waals surface area contributed by atoms with Gasteiger partial charge in [0.05, 0.1) is 17.9 Å². The summed E-state index contributed by atoms with van der Waals surface area (Å²) in [5.74, 6) is 1.73. The number of pyridine rings is 2. The van der Waals surface area contributed by atoms with E-state index in [0.717, 1.165) is 42.1 Å². The molecule has 0 aliphatic carbocycles. The average molecular weight is 424 g/mol. The van der Waals surface area contributed by atoms with E-state index in [1.54, 1.807) is 25.5 Å². The molecule has 2 saturated heterocycles. The van der Waals surface area contributed by atoms with Gasteiger partial charge in [0.1, 0.15) is 12.5 Å². The standard InChI is InChI=1S/C22H25FN6O2/c1-13-25-12-20(31-13)15-6-14-7-21(27-11-19(14)26-10-15)28-22(30)29-17-2-3-18(29)9-16(8-17)24-5-4-23/h6-7,10-12,16-18,24H,2-5,8-9H2,1H3,(H,27,28,30)/t16-,17+,18?/m1/s1. The second kappa shape index (κ2) is 8.22.